The highest BCUT2D eigenvalue weighted by Crippen LogP contribution is 2.21. The zero-order chi connectivity index (χ0) is 7.11. The molecule has 0 spiro atoms. The molecule has 0 aliphatic carbocycles. The van der Waals surface area contributed by atoms with Gasteiger partial charge in [0.1, 0.15) is 0 Å². The van der Waals surface area contributed by atoms with Crippen LogP contribution in [-0.2, 0) is 0 Å². The predicted molar refractivity (Wildman–Crippen MR) is 40.3 cm³/mol. The topological polar surface area (TPSA) is 40.5 Å². The Labute approximate surface area is 57.1 Å². The molecule has 0 radical (unpaired) electrons. The molecule has 2 N–H and O–H groups in total. The van der Waals surface area contributed by atoms with Gasteiger partial charge in [0.15, 0.2) is 8.38 Å². The molecule has 0 aromatic rings. The maximum absolute atomic E-state index is 8.42. The molecular weight excluding hydrogens is 135 g/mol. The van der Waals surface area contributed by atoms with E-state index in [0.717, 1.165) is 12.8 Å². The summed E-state index contributed by atoms with van der Waals surface area (Å²) in [5.41, 5.74) is 0. The van der Waals surface area contributed by atoms with E-state index in [1.807, 2.05) is 12.2 Å². The molecule has 0 heterocycles. The van der Waals surface area contributed by atoms with Crippen LogP contribution in [0, 0.1) is 0 Å². The van der Waals surface area contributed by atoms with Gasteiger partial charge < -0.3 is 9.79 Å². The lowest BCUT2D eigenvalue weighted by Gasteiger charge is -1.93. The summed E-state index contributed by atoms with van der Waals surface area (Å²) in [6, 6.07) is 0. The lowest BCUT2D eigenvalue weighted by atomic mass is 10.3. The molecule has 0 saturated carbocycles. The normalized spacial score (nSPS) is 11.6. The minimum Gasteiger partial charge on any atom is -0.350 e. The fourth-order valence-corrected chi connectivity index (χ4v) is 0.791. The molecule has 3 heteroatoms. The smallest absolute Gasteiger partial charge is 0.168 e. The number of rotatable bonds is 4. The number of unbranched alkanes of at least 4 members (excludes halogenated alkanes) is 1. The summed E-state index contributed by atoms with van der Waals surface area (Å²) < 4.78 is 0. The van der Waals surface area contributed by atoms with Gasteiger partial charge in [0.2, 0.25) is 0 Å². The first-order valence-electron chi connectivity index (χ1n) is 3.07. The van der Waals surface area contributed by atoms with Crippen LogP contribution < -0.4 is 0 Å². The van der Waals surface area contributed by atoms with Crippen LogP contribution in [0.4, 0.5) is 0 Å². The Morgan fingerprint density at radius 3 is 2.44 bits per heavy atom. The van der Waals surface area contributed by atoms with Gasteiger partial charge in [-0.2, -0.15) is 0 Å². The van der Waals surface area contributed by atoms with Gasteiger partial charge in [-0.25, -0.2) is 0 Å². The van der Waals surface area contributed by atoms with Gasteiger partial charge in [-0.05, 0) is 6.42 Å². The first-order chi connectivity index (χ1) is 4.27. The van der Waals surface area contributed by atoms with Gasteiger partial charge in [-0.15, -0.1) is 0 Å². The van der Waals surface area contributed by atoms with Gasteiger partial charge in [-0.1, -0.05) is 25.5 Å². The highest BCUT2D eigenvalue weighted by atomic mass is 31.2. The molecule has 9 heavy (non-hydrogen) atoms. The molecule has 0 aliphatic heterocycles. The highest BCUT2D eigenvalue weighted by Gasteiger charge is 1.89. The van der Waals surface area contributed by atoms with Crippen LogP contribution >= 0.6 is 8.38 Å². The van der Waals surface area contributed by atoms with Crippen LogP contribution in [0.5, 0.6) is 0 Å². The SMILES string of the molecule is CCCC=CCP(O)O. The second kappa shape index (κ2) is 6.21. The van der Waals surface area contributed by atoms with Crippen LogP contribution in [-0.4, -0.2) is 15.9 Å². The van der Waals surface area contributed by atoms with Gasteiger partial charge in [0.05, 0.1) is 0 Å². The molecule has 0 aliphatic rings. The molecular formula is C6H13O2P. The largest absolute Gasteiger partial charge is 0.350 e. The van der Waals surface area contributed by atoms with Crippen molar-refractivity contribution in [3.05, 3.63) is 12.2 Å². The number of allylic oxidation sites excluding steroid dienone is 2. The fourth-order valence-electron chi connectivity index (χ4n) is 0.453. The Morgan fingerprint density at radius 2 is 2.00 bits per heavy atom. The minimum absolute atomic E-state index is 0.412. The lowest BCUT2D eigenvalue weighted by Crippen LogP contribution is -1.74. The Morgan fingerprint density at radius 1 is 1.33 bits per heavy atom. The molecule has 0 saturated heterocycles. The summed E-state index contributed by atoms with van der Waals surface area (Å²) in [6.45, 7) is 2.09. The summed E-state index contributed by atoms with van der Waals surface area (Å²) in [5, 5.41) is 0. The highest BCUT2D eigenvalue weighted by molar-refractivity contribution is 7.45. The van der Waals surface area contributed by atoms with Crippen LogP contribution in [0.15, 0.2) is 12.2 Å². The van der Waals surface area contributed by atoms with Gasteiger partial charge >= 0.3 is 0 Å². The zero-order valence-corrected chi connectivity index (χ0v) is 6.51. The van der Waals surface area contributed by atoms with E-state index in [1.54, 1.807) is 0 Å². The quantitative estimate of drug-likeness (QED) is 0.470. The van der Waals surface area contributed by atoms with Gasteiger partial charge in [-0.3, -0.25) is 0 Å². The Balaban J connectivity index is 3.04. The summed E-state index contributed by atoms with van der Waals surface area (Å²) in [7, 11) is -1.70. The molecule has 0 aromatic carbocycles. The zero-order valence-electron chi connectivity index (χ0n) is 5.62. The second-order valence-electron chi connectivity index (χ2n) is 1.81. The third kappa shape index (κ3) is 8.09. The Bertz CT molecular complexity index is 81.1. The fraction of sp³-hybridized carbons (Fsp3) is 0.667. The summed E-state index contributed by atoms with van der Waals surface area (Å²) >= 11 is 0. The van der Waals surface area contributed by atoms with Crippen LogP contribution in [0.3, 0.4) is 0 Å². The molecule has 0 bridgehead atoms. The first-order valence-corrected chi connectivity index (χ1v) is 4.51. The molecule has 0 fully saturated rings. The summed E-state index contributed by atoms with van der Waals surface area (Å²) in [6.07, 6.45) is 6.35. The molecule has 2 nitrogen and oxygen atoms in total. The van der Waals surface area contributed by atoms with Crippen molar-refractivity contribution in [2.45, 2.75) is 19.8 Å². The second-order valence-corrected chi connectivity index (χ2v) is 2.92. The Kier molecular flexibility index (Phi) is 6.28. The number of hydrogen-bond acceptors (Lipinski definition) is 2. The third-order valence-corrected chi connectivity index (χ3v) is 1.43. The van der Waals surface area contributed by atoms with Crippen molar-refractivity contribution in [2.24, 2.45) is 0 Å². The first kappa shape index (κ1) is 9.09. The van der Waals surface area contributed by atoms with Crippen LogP contribution in [0.1, 0.15) is 19.8 Å². The standard InChI is InChI=1S/C6H13O2P/c1-2-3-4-5-6-9(7)8/h4-5,7-8H,2-3,6H2,1H3. The van der Waals surface area contributed by atoms with E-state index in [9.17, 15) is 0 Å². The van der Waals surface area contributed by atoms with Gasteiger partial charge in [0.25, 0.3) is 0 Å². The van der Waals surface area contributed by atoms with Crippen molar-refractivity contribution in [1.29, 1.82) is 0 Å². The van der Waals surface area contributed by atoms with Crippen molar-refractivity contribution in [2.75, 3.05) is 6.16 Å². The van der Waals surface area contributed by atoms with E-state index in [0.29, 0.717) is 6.16 Å². The van der Waals surface area contributed by atoms with Crippen molar-refractivity contribution >= 4 is 8.38 Å². The maximum atomic E-state index is 8.42. The lowest BCUT2D eigenvalue weighted by molar-refractivity contribution is 0.487. The minimum atomic E-state index is -1.70. The average molecular weight is 148 g/mol. The van der Waals surface area contributed by atoms with Crippen LogP contribution in [0.2, 0.25) is 0 Å². The number of hydrogen-bond donors (Lipinski definition) is 2. The monoisotopic (exact) mass is 148 g/mol. The van der Waals surface area contributed by atoms with E-state index in [1.165, 1.54) is 0 Å². The average Bonchev–Trinajstić information content (AvgIpc) is 1.80. The molecule has 0 atom stereocenters. The summed E-state index contributed by atoms with van der Waals surface area (Å²) in [4.78, 5) is 16.8. The van der Waals surface area contributed by atoms with E-state index in [-0.39, 0.29) is 0 Å². The van der Waals surface area contributed by atoms with E-state index in [2.05, 4.69) is 6.92 Å². The summed E-state index contributed by atoms with van der Waals surface area (Å²) in [5.74, 6) is 0. The Hall–Kier alpha value is 0.0900. The van der Waals surface area contributed by atoms with Crippen molar-refractivity contribution in [1.82, 2.24) is 0 Å². The van der Waals surface area contributed by atoms with Crippen molar-refractivity contribution in [3.8, 4) is 0 Å². The molecule has 0 unspecified atom stereocenters. The van der Waals surface area contributed by atoms with E-state index in [4.69, 9.17) is 9.79 Å². The molecule has 54 valence electrons. The van der Waals surface area contributed by atoms with E-state index < -0.39 is 8.38 Å². The van der Waals surface area contributed by atoms with Crippen molar-refractivity contribution < 1.29 is 9.79 Å². The molecule has 0 rings (SSSR count). The maximum Gasteiger partial charge on any atom is 0.168 e. The third-order valence-electron chi connectivity index (χ3n) is 0.891. The molecule has 0 aromatic heterocycles. The van der Waals surface area contributed by atoms with E-state index >= 15 is 0 Å². The molecule has 0 amide bonds. The van der Waals surface area contributed by atoms with Crippen molar-refractivity contribution in [3.63, 3.8) is 0 Å². The van der Waals surface area contributed by atoms with Crippen LogP contribution in [0.25, 0.3) is 0 Å². The predicted octanol–water partition coefficient (Wildman–Crippen LogP) is 1.64. The van der Waals surface area contributed by atoms with Gasteiger partial charge in [0, 0.05) is 6.16 Å².